The zero-order chi connectivity index (χ0) is 10.1. The molecule has 6 heteroatoms. The Bertz CT molecular complexity index is 298. The molecule has 1 aliphatic heterocycles. The topological polar surface area (TPSA) is 77.5 Å². The SMILES string of the molecule is CS(=O)(=O)N1CCC[C@H](C(=O)[O-])C1. The maximum Gasteiger partial charge on any atom is 0.211 e. The van der Waals surface area contributed by atoms with Gasteiger partial charge < -0.3 is 9.90 Å². The van der Waals surface area contributed by atoms with Gasteiger partial charge in [0.1, 0.15) is 0 Å². The molecule has 1 aliphatic rings. The summed E-state index contributed by atoms with van der Waals surface area (Å²) in [5.74, 6) is -1.81. The summed E-state index contributed by atoms with van der Waals surface area (Å²) in [6, 6.07) is 0. The van der Waals surface area contributed by atoms with E-state index in [2.05, 4.69) is 0 Å². The van der Waals surface area contributed by atoms with Gasteiger partial charge in [-0.1, -0.05) is 0 Å². The number of piperidine rings is 1. The number of hydrogen-bond acceptors (Lipinski definition) is 4. The van der Waals surface area contributed by atoms with Crippen LogP contribution in [0.1, 0.15) is 12.8 Å². The third-order valence-electron chi connectivity index (χ3n) is 2.19. The molecule has 0 aromatic rings. The Morgan fingerprint density at radius 3 is 2.62 bits per heavy atom. The first-order valence-electron chi connectivity index (χ1n) is 4.07. The van der Waals surface area contributed by atoms with Gasteiger partial charge in [0, 0.05) is 25.0 Å². The first-order chi connectivity index (χ1) is 5.91. The third-order valence-corrected chi connectivity index (χ3v) is 3.46. The summed E-state index contributed by atoms with van der Waals surface area (Å²) in [5, 5.41) is 10.5. The molecule has 0 N–H and O–H groups in total. The zero-order valence-electron chi connectivity index (χ0n) is 7.39. The lowest BCUT2D eigenvalue weighted by Crippen LogP contribution is -2.45. The summed E-state index contributed by atoms with van der Waals surface area (Å²) >= 11 is 0. The van der Waals surface area contributed by atoms with Crippen LogP contribution < -0.4 is 5.11 Å². The Balaban J connectivity index is 2.67. The van der Waals surface area contributed by atoms with Gasteiger partial charge in [-0.05, 0) is 12.8 Å². The molecule has 5 nitrogen and oxygen atoms in total. The van der Waals surface area contributed by atoms with Crippen LogP contribution in [0.4, 0.5) is 0 Å². The number of carboxylic acid groups (broad SMARTS) is 1. The van der Waals surface area contributed by atoms with Gasteiger partial charge in [0.05, 0.1) is 6.26 Å². The molecule has 0 saturated carbocycles. The van der Waals surface area contributed by atoms with Crippen LogP contribution in [-0.2, 0) is 14.8 Å². The Morgan fingerprint density at radius 2 is 2.15 bits per heavy atom. The van der Waals surface area contributed by atoms with Crippen LogP contribution >= 0.6 is 0 Å². The van der Waals surface area contributed by atoms with Gasteiger partial charge in [-0.3, -0.25) is 0 Å². The fraction of sp³-hybridized carbons (Fsp3) is 0.857. The average molecular weight is 206 g/mol. The Hall–Kier alpha value is -0.620. The molecule has 1 rings (SSSR count). The minimum absolute atomic E-state index is 0.0567. The van der Waals surface area contributed by atoms with Crippen LogP contribution in [0.5, 0.6) is 0 Å². The monoisotopic (exact) mass is 206 g/mol. The predicted molar refractivity (Wildman–Crippen MR) is 44.1 cm³/mol. The molecule has 0 unspecified atom stereocenters. The second kappa shape index (κ2) is 3.63. The highest BCUT2D eigenvalue weighted by Gasteiger charge is 2.26. The molecule has 0 aliphatic carbocycles. The molecule has 0 aromatic heterocycles. The smallest absolute Gasteiger partial charge is 0.211 e. The van der Waals surface area contributed by atoms with Gasteiger partial charge in [0.15, 0.2) is 0 Å². The first-order valence-corrected chi connectivity index (χ1v) is 5.92. The van der Waals surface area contributed by atoms with E-state index in [-0.39, 0.29) is 6.54 Å². The maximum absolute atomic E-state index is 11.1. The van der Waals surface area contributed by atoms with Crippen molar-refractivity contribution in [2.45, 2.75) is 12.8 Å². The van der Waals surface area contributed by atoms with Gasteiger partial charge in [-0.2, -0.15) is 0 Å². The summed E-state index contributed by atoms with van der Waals surface area (Å²) in [6.45, 7) is 0.476. The molecule has 1 saturated heterocycles. The van der Waals surface area contributed by atoms with Gasteiger partial charge in [0.25, 0.3) is 0 Å². The van der Waals surface area contributed by atoms with E-state index in [1.54, 1.807) is 0 Å². The zero-order valence-corrected chi connectivity index (χ0v) is 8.21. The fourth-order valence-electron chi connectivity index (χ4n) is 1.44. The molecular formula is C7H12NO4S-. The second-order valence-corrected chi connectivity index (χ2v) is 5.26. The number of carbonyl (C=O) groups excluding carboxylic acids is 1. The lowest BCUT2D eigenvalue weighted by Gasteiger charge is -2.31. The van der Waals surface area contributed by atoms with Crippen LogP contribution in [0.3, 0.4) is 0 Å². The van der Waals surface area contributed by atoms with Crippen molar-refractivity contribution in [1.29, 1.82) is 0 Å². The summed E-state index contributed by atoms with van der Waals surface area (Å²) in [6.07, 6.45) is 2.19. The fourth-order valence-corrected chi connectivity index (χ4v) is 2.35. The van der Waals surface area contributed by atoms with Crippen LogP contribution in [0, 0.1) is 5.92 Å². The van der Waals surface area contributed by atoms with Crippen LogP contribution in [0.2, 0.25) is 0 Å². The van der Waals surface area contributed by atoms with E-state index in [1.165, 1.54) is 4.31 Å². The number of carbonyl (C=O) groups is 1. The van der Waals surface area contributed by atoms with Gasteiger partial charge >= 0.3 is 0 Å². The number of carboxylic acids is 1. The van der Waals surface area contributed by atoms with E-state index < -0.39 is 21.9 Å². The number of aliphatic carboxylic acids is 1. The highest BCUT2D eigenvalue weighted by Crippen LogP contribution is 2.17. The van der Waals surface area contributed by atoms with E-state index >= 15 is 0 Å². The van der Waals surface area contributed by atoms with Crippen molar-refractivity contribution in [1.82, 2.24) is 4.31 Å². The lowest BCUT2D eigenvalue weighted by molar-refractivity contribution is -0.312. The predicted octanol–water partition coefficient (Wildman–Crippen LogP) is -1.59. The van der Waals surface area contributed by atoms with E-state index in [4.69, 9.17) is 0 Å². The van der Waals surface area contributed by atoms with E-state index in [0.717, 1.165) is 6.26 Å². The largest absolute Gasteiger partial charge is 0.550 e. The Morgan fingerprint density at radius 1 is 1.54 bits per heavy atom. The molecule has 13 heavy (non-hydrogen) atoms. The van der Waals surface area contributed by atoms with Crippen molar-refractivity contribution < 1.29 is 18.3 Å². The number of sulfonamides is 1. The van der Waals surface area contributed by atoms with Crippen molar-refractivity contribution in [2.75, 3.05) is 19.3 Å². The van der Waals surface area contributed by atoms with E-state index in [0.29, 0.717) is 19.4 Å². The highest BCUT2D eigenvalue weighted by molar-refractivity contribution is 7.88. The van der Waals surface area contributed by atoms with E-state index in [1.807, 2.05) is 0 Å². The molecule has 1 heterocycles. The van der Waals surface area contributed by atoms with Crippen LogP contribution in [0.25, 0.3) is 0 Å². The minimum Gasteiger partial charge on any atom is -0.550 e. The summed E-state index contributed by atoms with van der Waals surface area (Å²) in [4.78, 5) is 10.5. The molecule has 0 bridgehead atoms. The summed E-state index contributed by atoms with van der Waals surface area (Å²) in [5.41, 5.74) is 0. The van der Waals surface area contributed by atoms with Crippen LogP contribution in [0.15, 0.2) is 0 Å². The molecule has 0 spiro atoms. The Kier molecular flexibility index (Phi) is 2.92. The normalized spacial score (nSPS) is 25.8. The quantitative estimate of drug-likeness (QED) is 0.545. The second-order valence-electron chi connectivity index (χ2n) is 3.28. The van der Waals surface area contributed by atoms with Crippen molar-refractivity contribution in [3.05, 3.63) is 0 Å². The third kappa shape index (κ3) is 2.67. The van der Waals surface area contributed by atoms with Gasteiger partial charge in [0.2, 0.25) is 10.0 Å². The average Bonchev–Trinajstić information content (AvgIpc) is 2.03. The van der Waals surface area contributed by atoms with Crippen molar-refractivity contribution in [3.8, 4) is 0 Å². The molecule has 0 radical (unpaired) electrons. The van der Waals surface area contributed by atoms with Crippen molar-refractivity contribution >= 4 is 16.0 Å². The molecule has 1 fully saturated rings. The molecule has 0 aromatic carbocycles. The van der Waals surface area contributed by atoms with Crippen LogP contribution in [-0.4, -0.2) is 38.0 Å². The lowest BCUT2D eigenvalue weighted by atomic mass is 10.0. The standard InChI is InChI=1S/C7H13NO4S/c1-13(11,12)8-4-2-3-6(5-8)7(9)10/h6H,2-5H2,1H3,(H,9,10)/p-1/t6-/m0/s1. The first kappa shape index (κ1) is 10.5. The maximum atomic E-state index is 11.1. The van der Waals surface area contributed by atoms with Gasteiger partial charge in [-0.15, -0.1) is 0 Å². The number of nitrogens with zero attached hydrogens (tertiary/aromatic N) is 1. The minimum atomic E-state index is -3.25. The number of rotatable bonds is 2. The summed E-state index contributed by atoms with van der Waals surface area (Å²) in [7, 11) is -3.25. The molecule has 76 valence electrons. The molecule has 0 amide bonds. The van der Waals surface area contributed by atoms with Crippen molar-refractivity contribution in [2.24, 2.45) is 5.92 Å². The molecule has 1 atom stereocenters. The van der Waals surface area contributed by atoms with Crippen molar-refractivity contribution in [3.63, 3.8) is 0 Å². The van der Waals surface area contributed by atoms with E-state index in [9.17, 15) is 18.3 Å². The highest BCUT2D eigenvalue weighted by atomic mass is 32.2. The number of hydrogen-bond donors (Lipinski definition) is 0. The summed E-state index contributed by atoms with van der Waals surface area (Å²) < 4.78 is 23.3. The van der Waals surface area contributed by atoms with Gasteiger partial charge in [-0.25, -0.2) is 12.7 Å². The molecular weight excluding hydrogens is 194 g/mol. The Labute approximate surface area is 77.4 Å².